The van der Waals surface area contributed by atoms with Gasteiger partial charge in [0, 0.05) is 36.7 Å². The van der Waals surface area contributed by atoms with Crippen LogP contribution in [0.15, 0.2) is 37.2 Å². The monoisotopic (exact) mass is 479 g/mol. The summed E-state index contributed by atoms with van der Waals surface area (Å²) in [4.78, 5) is 9.82. The van der Waals surface area contributed by atoms with E-state index in [0.717, 1.165) is 30.0 Å². The van der Waals surface area contributed by atoms with Crippen molar-refractivity contribution in [3.05, 3.63) is 37.2 Å². The van der Waals surface area contributed by atoms with E-state index in [-0.39, 0.29) is 23.7 Å². The van der Waals surface area contributed by atoms with Crippen LogP contribution in [0.4, 0.5) is 0 Å². The summed E-state index contributed by atoms with van der Waals surface area (Å²) >= 11 is 17.9. The Kier molecular flexibility index (Phi) is 6.32. The smallest absolute Gasteiger partial charge is 0.291 e. The number of rotatable bonds is 3. The lowest BCUT2D eigenvalue weighted by atomic mass is 9.85. The molecule has 0 saturated carbocycles. The first-order valence-electron chi connectivity index (χ1n) is 10.7. The molecule has 0 saturated heterocycles. The van der Waals surface area contributed by atoms with Crippen LogP contribution < -0.4 is 14.7 Å². The van der Waals surface area contributed by atoms with Gasteiger partial charge in [-0.15, -0.1) is 0 Å². The van der Waals surface area contributed by atoms with Gasteiger partial charge in [-0.05, 0) is 62.3 Å². The average Bonchev–Trinajstić information content (AvgIpc) is 3.26. The Bertz CT molecular complexity index is 763. The van der Waals surface area contributed by atoms with Gasteiger partial charge in [0.25, 0.3) is 15.3 Å². The Morgan fingerprint density at radius 2 is 0.774 bits per heavy atom. The molecule has 0 radical (unpaired) electrons. The topological polar surface area (TPSA) is 23.0 Å². The van der Waals surface area contributed by atoms with Crippen LogP contribution in [0.3, 0.4) is 0 Å². The van der Waals surface area contributed by atoms with E-state index in [0.29, 0.717) is 0 Å². The molecule has 0 bridgehead atoms. The highest BCUT2D eigenvalue weighted by molar-refractivity contribution is 7.80. The minimum atomic E-state index is -0.282. The zero-order valence-corrected chi connectivity index (χ0v) is 22.6. The van der Waals surface area contributed by atoms with E-state index in [1.165, 1.54) is 0 Å². The number of nitrogens with one attached hydrogen (secondary N) is 3. The Labute approximate surface area is 203 Å². The largest absolute Gasteiger partial charge is 0.532 e. The fraction of sp³-hybridized carbons (Fsp3) is 0.571. The van der Waals surface area contributed by atoms with Crippen LogP contribution in [0, 0.1) is 0 Å². The Hall–Kier alpha value is -1.17. The molecule has 3 aliphatic heterocycles. The minimum Gasteiger partial charge on any atom is -0.291 e. The van der Waals surface area contributed by atoms with Gasteiger partial charge in [0.2, 0.25) is 0 Å². The highest BCUT2D eigenvalue weighted by atomic mass is 32.1. The molecule has 6 nitrogen and oxygen atoms in total. The van der Waals surface area contributed by atoms with Crippen LogP contribution in [0.2, 0.25) is 0 Å². The molecule has 0 aromatic carbocycles. The molecule has 3 unspecified atom stereocenters. The van der Waals surface area contributed by atoms with Crippen molar-refractivity contribution in [2.24, 2.45) is 0 Å². The number of hydrogen-bond acceptors (Lipinski definition) is 3. The maximum Gasteiger partial charge on any atom is 0.532 e. The molecular formula is C21H36BN6S3+3. The van der Waals surface area contributed by atoms with Crippen molar-refractivity contribution in [1.29, 1.82) is 0 Å². The van der Waals surface area contributed by atoms with Crippen molar-refractivity contribution in [3.8, 4) is 0 Å². The van der Waals surface area contributed by atoms with Gasteiger partial charge in [-0.25, -0.2) is 14.7 Å². The Morgan fingerprint density at radius 3 is 0.935 bits per heavy atom. The van der Waals surface area contributed by atoms with Gasteiger partial charge in [0.1, 0.15) is 18.6 Å². The van der Waals surface area contributed by atoms with Crippen molar-refractivity contribution in [1.82, 2.24) is 14.4 Å². The quantitative estimate of drug-likeness (QED) is 0.396. The van der Waals surface area contributed by atoms with Crippen molar-refractivity contribution < 1.29 is 14.7 Å². The molecule has 10 heteroatoms. The molecule has 0 aliphatic carbocycles. The molecule has 3 rings (SSSR count). The van der Waals surface area contributed by atoms with Gasteiger partial charge < -0.3 is 0 Å². The lowest BCUT2D eigenvalue weighted by molar-refractivity contribution is -0.802. The van der Waals surface area contributed by atoms with Crippen molar-refractivity contribution >= 4 is 59.1 Å². The average molecular weight is 480 g/mol. The third kappa shape index (κ3) is 4.51. The number of hydrogen-bond donors (Lipinski definition) is 3. The summed E-state index contributed by atoms with van der Waals surface area (Å²) in [5.74, 6) is 0. The summed E-state index contributed by atoms with van der Waals surface area (Å²) < 4.78 is 0. The van der Waals surface area contributed by atoms with Gasteiger partial charge in [-0.2, -0.15) is 0 Å². The van der Waals surface area contributed by atoms with E-state index >= 15 is 0 Å². The third-order valence-corrected chi connectivity index (χ3v) is 7.06. The molecule has 0 aromatic rings. The molecule has 3 N–H and O–H groups in total. The van der Waals surface area contributed by atoms with Crippen LogP contribution in [0.25, 0.3) is 0 Å². The molecule has 0 amide bonds. The third-order valence-electron chi connectivity index (χ3n) is 5.77. The summed E-state index contributed by atoms with van der Waals surface area (Å²) in [6.07, 6.45) is 12.6. The second kappa shape index (κ2) is 8.00. The van der Waals surface area contributed by atoms with Gasteiger partial charge in [-0.3, -0.25) is 14.4 Å². The van der Waals surface area contributed by atoms with E-state index in [9.17, 15) is 0 Å². The predicted octanol–water partition coefficient (Wildman–Crippen LogP) is 0.237. The zero-order chi connectivity index (χ0) is 23.5. The molecule has 168 valence electrons. The van der Waals surface area contributed by atoms with Crippen molar-refractivity contribution in [3.63, 3.8) is 0 Å². The maximum absolute atomic E-state index is 5.96. The van der Waals surface area contributed by atoms with E-state index in [1.807, 2.05) is 0 Å². The number of thiocarbonyl (C=S) groups is 3. The summed E-state index contributed by atoms with van der Waals surface area (Å²) in [5.41, 5.74) is -0.122. The second-order valence-corrected chi connectivity index (χ2v) is 12.6. The standard InChI is InChI=1S/C21H33BN6S3/c1-19(2,3)23-10-13-26(16(23)29)22(27-14-11-24(17(27)30)20(4,5)6)28-15-12-25(18(28)31)21(7,8)9/h10-15H,1-9H3/p+3. The molecule has 0 fully saturated rings. The number of nitrogens with zero attached hydrogens (tertiary/aromatic N) is 3. The molecule has 3 aliphatic rings. The molecular weight excluding hydrogens is 443 g/mol. The van der Waals surface area contributed by atoms with E-state index < -0.39 is 0 Å². The summed E-state index contributed by atoms with van der Waals surface area (Å²) in [6.45, 7) is 19.7. The van der Waals surface area contributed by atoms with Gasteiger partial charge in [0.15, 0.2) is 0 Å². The first-order chi connectivity index (χ1) is 14.0. The lowest BCUT2D eigenvalue weighted by Crippen LogP contribution is -3.18. The Balaban J connectivity index is 2.00. The molecule has 3 atom stereocenters. The summed E-state index contributed by atoms with van der Waals surface area (Å²) in [7, 11) is -0.282. The van der Waals surface area contributed by atoms with Crippen LogP contribution in [0.5, 0.6) is 0 Å². The molecule has 0 spiro atoms. The Morgan fingerprint density at radius 1 is 0.548 bits per heavy atom. The van der Waals surface area contributed by atoms with E-state index in [2.05, 4.69) is 114 Å². The zero-order valence-electron chi connectivity index (χ0n) is 20.1. The number of quaternary nitrogens is 3. The van der Waals surface area contributed by atoms with Gasteiger partial charge in [0.05, 0.1) is 35.2 Å². The van der Waals surface area contributed by atoms with Gasteiger partial charge in [-0.1, -0.05) is 0 Å². The van der Waals surface area contributed by atoms with Crippen molar-refractivity contribution in [2.45, 2.75) is 78.9 Å². The SMILES string of the molecule is CC(C)(C)[NH+]1C=CN(B(N2C=C[NH+](C(C)(C)C)C2=S)N2C=C[NH+](C(C)(C)C)C2=S)C1=S. The van der Waals surface area contributed by atoms with Crippen LogP contribution >= 0.6 is 36.7 Å². The highest BCUT2D eigenvalue weighted by Gasteiger charge is 2.54. The van der Waals surface area contributed by atoms with Gasteiger partial charge >= 0.3 is 7.12 Å². The maximum atomic E-state index is 5.96. The fourth-order valence-electron chi connectivity index (χ4n) is 3.96. The first kappa shape index (κ1) is 24.5. The minimum absolute atomic E-state index is 0.0407. The predicted molar refractivity (Wildman–Crippen MR) is 139 cm³/mol. The highest BCUT2D eigenvalue weighted by Crippen LogP contribution is 2.17. The van der Waals surface area contributed by atoms with Crippen LogP contribution in [0.1, 0.15) is 62.3 Å². The normalized spacial score (nSPS) is 26.8. The van der Waals surface area contributed by atoms with Crippen LogP contribution in [-0.4, -0.2) is 53.5 Å². The fourth-order valence-corrected chi connectivity index (χ4v) is 5.55. The van der Waals surface area contributed by atoms with Crippen molar-refractivity contribution in [2.75, 3.05) is 0 Å². The molecule has 3 heterocycles. The molecule has 31 heavy (non-hydrogen) atoms. The van der Waals surface area contributed by atoms with E-state index in [1.54, 1.807) is 0 Å². The van der Waals surface area contributed by atoms with Crippen LogP contribution in [-0.2, 0) is 0 Å². The first-order valence-corrected chi connectivity index (χ1v) is 11.9. The summed E-state index contributed by atoms with van der Waals surface area (Å²) in [6, 6.07) is 0. The van der Waals surface area contributed by atoms with E-state index in [4.69, 9.17) is 36.7 Å². The lowest BCUT2D eigenvalue weighted by Gasteiger charge is -2.37. The second-order valence-electron chi connectivity index (χ2n) is 11.4. The summed E-state index contributed by atoms with van der Waals surface area (Å²) in [5, 5.41) is 2.45. The molecule has 0 aromatic heterocycles.